The first-order chi connectivity index (χ1) is 10.2. The molecule has 0 saturated carbocycles. The molecule has 3 rings (SSSR count). The van der Waals surface area contributed by atoms with Crippen molar-refractivity contribution in [3.8, 4) is 0 Å². The molecule has 1 aliphatic carbocycles. The molecule has 4 nitrogen and oxygen atoms in total. The van der Waals surface area contributed by atoms with Crippen LogP contribution in [0.25, 0.3) is 16.2 Å². The highest BCUT2D eigenvalue weighted by molar-refractivity contribution is 7.19. The van der Waals surface area contributed by atoms with Crippen molar-refractivity contribution in [2.75, 3.05) is 6.61 Å². The molecule has 1 aliphatic rings. The van der Waals surface area contributed by atoms with Crippen molar-refractivity contribution in [3.63, 3.8) is 0 Å². The first-order valence-corrected chi connectivity index (χ1v) is 7.49. The van der Waals surface area contributed by atoms with Crippen molar-refractivity contribution in [2.45, 2.75) is 13.3 Å². The number of rotatable bonds is 1. The fourth-order valence-corrected chi connectivity index (χ4v) is 3.43. The number of nitrogens with zero attached hydrogens (tertiary/aromatic N) is 1. The standard InChI is InChI=1S/C16H13NO3S/c1-2-20-16(19)17-11-7-5-9-13-14(11)15(18)10-6-3-4-8-12(10)21-13/h3-6,8-9H,2,7H2,1H3. The molecule has 1 heterocycles. The van der Waals surface area contributed by atoms with Crippen LogP contribution in [0.1, 0.15) is 23.8 Å². The van der Waals surface area contributed by atoms with Crippen LogP contribution in [0.3, 0.4) is 0 Å². The average molecular weight is 299 g/mol. The van der Waals surface area contributed by atoms with Crippen molar-refractivity contribution in [2.24, 2.45) is 4.99 Å². The van der Waals surface area contributed by atoms with Crippen molar-refractivity contribution in [1.29, 1.82) is 0 Å². The molecule has 0 radical (unpaired) electrons. The summed E-state index contributed by atoms with van der Waals surface area (Å²) in [5, 5.41) is 0.660. The van der Waals surface area contributed by atoms with Gasteiger partial charge in [0.15, 0.2) is 5.43 Å². The maximum absolute atomic E-state index is 12.7. The third kappa shape index (κ3) is 2.52. The highest BCUT2D eigenvalue weighted by atomic mass is 32.1. The number of carbonyl (C=O) groups excluding carboxylic acids is 1. The fourth-order valence-electron chi connectivity index (χ4n) is 2.30. The van der Waals surface area contributed by atoms with Crippen molar-refractivity contribution < 1.29 is 9.53 Å². The van der Waals surface area contributed by atoms with Gasteiger partial charge in [0, 0.05) is 21.4 Å². The normalized spacial score (nSPS) is 15.2. The van der Waals surface area contributed by atoms with Crippen molar-refractivity contribution in [1.82, 2.24) is 0 Å². The number of hydrogen-bond donors (Lipinski definition) is 0. The molecule has 0 atom stereocenters. The Kier molecular flexibility index (Phi) is 3.66. The van der Waals surface area contributed by atoms with Crippen LogP contribution in [0, 0.1) is 0 Å². The Morgan fingerprint density at radius 1 is 1.38 bits per heavy atom. The minimum Gasteiger partial charge on any atom is -0.448 e. The lowest BCUT2D eigenvalue weighted by molar-refractivity contribution is 0.163. The van der Waals surface area contributed by atoms with Gasteiger partial charge >= 0.3 is 6.09 Å². The molecular formula is C16H13NO3S. The number of allylic oxidation sites excluding steroid dienone is 1. The minimum atomic E-state index is -0.647. The molecule has 0 unspecified atom stereocenters. The maximum atomic E-state index is 12.7. The van der Waals surface area contributed by atoms with E-state index in [1.165, 1.54) is 11.3 Å². The average Bonchev–Trinajstić information content (AvgIpc) is 2.48. The van der Waals surface area contributed by atoms with Crippen LogP contribution in [0.4, 0.5) is 4.79 Å². The molecule has 0 aliphatic heterocycles. The summed E-state index contributed by atoms with van der Waals surface area (Å²) in [5.74, 6) is 0. The maximum Gasteiger partial charge on any atom is 0.433 e. The third-order valence-corrected chi connectivity index (χ3v) is 4.32. The number of benzene rings is 1. The van der Waals surface area contributed by atoms with Crippen LogP contribution in [0.15, 0.2) is 40.1 Å². The lowest BCUT2D eigenvalue weighted by Crippen LogP contribution is -2.20. The molecule has 106 valence electrons. The molecule has 0 N–H and O–H groups in total. The Balaban J connectivity index is 2.22. The Hall–Kier alpha value is -2.27. The summed E-state index contributed by atoms with van der Waals surface area (Å²) < 4.78 is 5.77. The quantitative estimate of drug-likeness (QED) is 0.808. The van der Waals surface area contributed by atoms with Gasteiger partial charge in [0.05, 0.1) is 17.9 Å². The van der Waals surface area contributed by atoms with Crippen LogP contribution in [0.2, 0.25) is 0 Å². The van der Waals surface area contributed by atoms with Gasteiger partial charge in [-0.25, -0.2) is 4.79 Å². The van der Waals surface area contributed by atoms with Crippen LogP contribution < -0.4 is 5.43 Å². The first-order valence-electron chi connectivity index (χ1n) is 6.67. The molecule has 0 fully saturated rings. The number of ether oxygens (including phenoxy) is 1. The number of carbonyl (C=O) groups is 1. The summed E-state index contributed by atoms with van der Waals surface area (Å²) in [5.41, 5.74) is 0.930. The Bertz CT molecular complexity index is 833. The van der Waals surface area contributed by atoms with E-state index in [-0.39, 0.29) is 12.0 Å². The van der Waals surface area contributed by atoms with Gasteiger partial charge in [-0.2, -0.15) is 4.99 Å². The van der Waals surface area contributed by atoms with Gasteiger partial charge in [0.2, 0.25) is 0 Å². The van der Waals surface area contributed by atoms with Gasteiger partial charge in [0.1, 0.15) is 0 Å². The van der Waals surface area contributed by atoms with E-state index in [0.717, 1.165) is 9.58 Å². The molecule has 1 amide bonds. The van der Waals surface area contributed by atoms with E-state index in [9.17, 15) is 9.59 Å². The Morgan fingerprint density at radius 3 is 3.00 bits per heavy atom. The lowest BCUT2D eigenvalue weighted by atomic mass is 10.0. The smallest absolute Gasteiger partial charge is 0.433 e. The monoisotopic (exact) mass is 299 g/mol. The van der Waals surface area contributed by atoms with Crippen molar-refractivity contribution in [3.05, 3.63) is 51.0 Å². The first kappa shape index (κ1) is 13.7. The van der Waals surface area contributed by atoms with E-state index in [1.807, 2.05) is 30.4 Å². The van der Waals surface area contributed by atoms with Gasteiger partial charge in [-0.3, -0.25) is 4.79 Å². The largest absolute Gasteiger partial charge is 0.448 e. The predicted octanol–water partition coefficient (Wildman–Crippen LogP) is 3.62. The van der Waals surface area contributed by atoms with Crippen LogP contribution >= 0.6 is 11.3 Å². The zero-order chi connectivity index (χ0) is 14.8. The minimum absolute atomic E-state index is 0.0771. The van der Waals surface area contributed by atoms with Gasteiger partial charge < -0.3 is 4.74 Å². The van der Waals surface area contributed by atoms with E-state index >= 15 is 0 Å². The summed E-state index contributed by atoms with van der Waals surface area (Å²) in [4.78, 5) is 29.0. The predicted molar refractivity (Wildman–Crippen MR) is 85.3 cm³/mol. The second kappa shape index (κ2) is 5.61. The third-order valence-electron chi connectivity index (χ3n) is 3.19. The summed E-state index contributed by atoms with van der Waals surface area (Å²) in [7, 11) is 0. The van der Waals surface area contributed by atoms with Gasteiger partial charge in [-0.05, 0) is 25.1 Å². The number of hydrogen-bond acceptors (Lipinski definition) is 4. The van der Waals surface area contributed by atoms with Crippen LogP contribution in [-0.2, 0) is 4.74 Å². The molecule has 21 heavy (non-hydrogen) atoms. The topological polar surface area (TPSA) is 55.7 Å². The van der Waals surface area contributed by atoms with E-state index in [4.69, 9.17) is 4.74 Å². The fraction of sp³-hybridized carbons (Fsp3) is 0.188. The molecule has 1 aromatic carbocycles. The molecule has 0 saturated heterocycles. The summed E-state index contributed by atoms with van der Waals surface area (Å²) in [6.45, 7) is 1.99. The van der Waals surface area contributed by atoms with Crippen LogP contribution in [0.5, 0.6) is 0 Å². The summed E-state index contributed by atoms with van der Waals surface area (Å²) >= 11 is 1.53. The highest BCUT2D eigenvalue weighted by Gasteiger charge is 2.19. The number of amides is 1. The van der Waals surface area contributed by atoms with Gasteiger partial charge in [-0.1, -0.05) is 18.2 Å². The van der Waals surface area contributed by atoms with E-state index in [1.54, 1.807) is 13.0 Å². The highest BCUT2D eigenvalue weighted by Crippen LogP contribution is 2.27. The zero-order valence-electron chi connectivity index (χ0n) is 11.5. The molecule has 5 heteroatoms. The molecule has 0 bridgehead atoms. The number of aliphatic imine (C=N–C) groups is 1. The molecule has 1 aromatic heterocycles. The second-order valence-electron chi connectivity index (χ2n) is 4.53. The summed E-state index contributed by atoms with van der Waals surface area (Å²) in [6, 6.07) is 7.47. The Labute approximate surface area is 125 Å². The Morgan fingerprint density at radius 2 is 2.19 bits per heavy atom. The molecule has 0 spiro atoms. The zero-order valence-corrected chi connectivity index (χ0v) is 12.3. The van der Waals surface area contributed by atoms with Crippen LogP contribution in [-0.4, -0.2) is 18.4 Å². The van der Waals surface area contributed by atoms with E-state index < -0.39 is 6.09 Å². The van der Waals surface area contributed by atoms with Gasteiger partial charge in [-0.15, -0.1) is 11.3 Å². The van der Waals surface area contributed by atoms with Crippen molar-refractivity contribution >= 4 is 39.3 Å². The second-order valence-corrected chi connectivity index (χ2v) is 5.61. The lowest BCUT2D eigenvalue weighted by Gasteiger charge is -2.12. The van der Waals surface area contributed by atoms with Gasteiger partial charge in [0.25, 0.3) is 0 Å². The van der Waals surface area contributed by atoms with E-state index in [2.05, 4.69) is 4.99 Å². The SMILES string of the molecule is CCOC(=O)N=C1CC=Cc2sc3ccccc3c(=O)c21. The molecular weight excluding hydrogens is 286 g/mol. The van der Waals surface area contributed by atoms with E-state index in [0.29, 0.717) is 23.1 Å². The number of fused-ring (bicyclic) bond motifs is 2. The molecule has 2 aromatic rings. The summed E-state index contributed by atoms with van der Waals surface area (Å²) in [6.07, 6.45) is 3.64.